The molecule has 0 fully saturated rings. The Morgan fingerprint density at radius 1 is 1.07 bits per heavy atom. The van der Waals surface area contributed by atoms with Crippen LogP contribution in [0.4, 0.5) is 0 Å². The summed E-state index contributed by atoms with van der Waals surface area (Å²) in [6.45, 7) is 5.53. The molecule has 0 radical (unpaired) electrons. The van der Waals surface area contributed by atoms with Gasteiger partial charge in [0.25, 0.3) is 0 Å². The van der Waals surface area contributed by atoms with Crippen LogP contribution in [0.25, 0.3) is 10.8 Å². The number of carbonyl (C=O) groups is 2. The van der Waals surface area contributed by atoms with Crippen LogP contribution in [0.5, 0.6) is 5.75 Å². The van der Waals surface area contributed by atoms with Crippen LogP contribution in [0.3, 0.4) is 0 Å². The molecule has 158 valence electrons. The number of ether oxygens (including phenoxy) is 3. The summed E-state index contributed by atoms with van der Waals surface area (Å²) in [7, 11) is 0. The molecule has 1 heterocycles. The largest absolute Gasteiger partial charge is 0.482 e. The second-order valence-electron chi connectivity index (χ2n) is 6.58. The maximum atomic E-state index is 12.8. The molecular weight excluding hydrogens is 404 g/mol. The number of thiocarbonyl (C=S) groups is 1. The van der Waals surface area contributed by atoms with E-state index >= 15 is 0 Å². The van der Waals surface area contributed by atoms with Crippen LogP contribution in [0.2, 0.25) is 0 Å². The van der Waals surface area contributed by atoms with Gasteiger partial charge in [-0.05, 0) is 49.8 Å². The molecule has 2 N–H and O–H groups in total. The molecule has 1 aliphatic heterocycles. The fraction of sp³-hybridized carbons (Fsp3) is 0.318. The molecule has 2 aromatic rings. The number of rotatable bonds is 7. The lowest BCUT2D eigenvalue weighted by atomic mass is 9.90. The van der Waals surface area contributed by atoms with Gasteiger partial charge in [-0.3, -0.25) is 0 Å². The normalized spacial score (nSPS) is 16.0. The van der Waals surface area contributed by atoms with Crippen molar-refractivity contribution in [3.8, 4) is 5.75 Å². The van der Waals surface area contributed by atoms with Gasteiger partial charge in [0.1, 0.15) is 5.75 Å². The third-order valence-corrected chi connectivity index (χ3v) is 4.85. The van der Waals surface area contributed by atoms with Gasteiger partial charge in [-0.15, -0.1) is 0 Å². The first-order valence-corrected chi connectivity index (χ1v) is 10.1. The SMILES string of the molecule is CCOC(=O)COc1ccc2ccccc2c1[C@@H]1NC(=S)NC(C)=C1C(=O)OCC. The minimum atomic E-state index is -0.610. The van der Waals surface area contributed by atoms with Crippen LogP contribution in [0.1, 0.15) is 32.4 Å². The lowest BCUT2D eigenvalue weighted by molar-refractivity contribution is -0.145. The number of fused-ring (bicyclic) bond motifs is 1. The van der Waals surface area contributed by atoms with Crippen molar-refractivity contribution < 1.29 is 23.8 Å². The van der Waals surface area contributed by atoms with Gasteiger partial charge >= 0.3 is 11.9 Å². The summed E-state index contributed by atoms with van der Waals surface area (Å²) in [6.07, 6.45) is 0. The van der Waals surface area contributed by atoms with Crippen LogP contribution in [-0.4, -0.2) is 36.9 Å². The Bertz CT molecular complexity index is 1020. The molecule has 30 heavy (non-hydrogen) atoms. The Morgan fingerprint density at radius 3 is 2.53 bits per heavy atom. The third kappa shape index (κ3) is 4.54. The third-order valence-electron chi connectivity index (χ3n) is 4.63. The zero-order chi connectivity index (χ0) is 21.7. The van der Waals surface area contributed by atoms with Crippen LogP contribution >= 0.6 is 12.2 Å². The van der Waals surface area contributed by atoms with Gasteiger partial charge in [-0.1, -0.05) is 30.3 Å². The summed E-state index contributed by atoms with van der Waals surface area (Å²) >= 11 is 5.35. The van der Waals surface area contributed by atoms with Crippen molar-refractivity contribution in [2.75, 3.05) is 19.8 Å². The molecule has 0 saturated heterocycles. The van der Waals surface area contributed by atoms with Gasteiger partial charge in [0.05, 0.1) is 24.8 Å². The highest BCUT2D eigenvalue weighted by molar-refractivity contribution is 7.80. The first kappa shape index (κ1) is 21.6. The molecular formula is C22H24N2O5S. The number of hydrogen-bond donors (Lipinski definition) is 2. The van der Waals surface area contributed by atoms with Crippen molar-refractivity contribution in [1.29, 1.82) is 0 Å². The Balaban J connectivity index is 2.14. The summed E-state index contributed by atoms with van der Waals surface area (Å²) in [5.41, 5.74) is 1.71. The highest BCUT2D eigenvalue weighted by atomic mass is 32.1. The quantitative estimate of drug-likeness (QED) is 0.514. The van der Waals surface area contributed by atoms with E-state index in [1.54, 1.807) is 26.8 Å². The van der Waals surface area contributed by atoms with E-state index in [0.29, 0.717) is 27.7 Å². The summed E-state index contributed by atoms with van der Waals surface area (Å²) in [6, 6.07) is 10.8. The zero-order valence-corrected chi connectivity index (χ0v) is 17.9. The van der Waals surface area contributed by atoms with Crippen molar-refractivity contribution in [3.05, 3.63) is 53.2 Å². The van der Waals surface area contributed by atoms with Crippen LogP contribution < -0.4 is 15.4 Å². The number of allylic oxidation sites excluding steroid dienone is 1. The van der Waals surface area contributed by atoms with E-state index in [2.05, 4.69) is 10.6 Å². The molecule has 0 aliphatic carbocycles. The smallest absolute Gasteiger partial charge is 0.344 e. The number of benzene rings is 2. The average Bonchev–Trinajstić information content (AvgIpc) is 2.71. The van der Waals surface area contributed by atoms with Gasteiger partial charge in [-0.25, -0.2) is 9.59 Å². The monoisotopic (exact) mass is 428 g/mol. The molecule has 0 unspecified atom stereocenters. The summed E-state index contributed by atoms with van der Waals surface area (Å²) < 4.78 is 16.1. The van der Waals surface area contributed by atoms with E-state index in [-0.39, 0.29) is 19.8 Å². The van der Waals surface area contributed by atoms with Gasteiger partial charge in [0, 0.05) is 11.3 Å². The predicted octanol–water partition coefficient (Wildman–Crippen LogP) is 3.14. The lowest BCUT2D eigenvalue weighted by Crippen LogP contribution is -2.45. The fourth-order valence-corrected chi connectivity index (χ4v) is 3.70. The number of carbonyl (C=O) groups excluding carboxylic acids is 2. The highest BCUT2D eigenvalue weighted by Gasteiger charge is 2.34. The molecule has 0 bridgehead atoms. The lowest BCUT2D eigenvalue weighted by Gasteiger charge is -2.31. The van der Waals surface area contributed by atoms with Gasteiger partial charge in [0.2, 0.25) is 0 Å². The Hall–Kier alpha value is -3.13. The second-order valence-corrected chi connectivity index (χ2v) is 6.99. The van der Waals surface area contributed by atoms with E-state index in [0.717, 1.165) is 10.8 Å². The second kappa shape index (κ2) is 9.58. The van der Waals surface area contributed by atoms with E-state index in [4.69, 9.17) is 26.4 Å². The Kier molecular flexibility index (Phi) is 6.89. The fourth-order valence-electron chi connectivity index (χ4n) is 3.43. The molecule has 7 nitrogen and oxygen atoms in total. The minimum absolute atomic E-state index is 0.244. The number of hydrogen-bond acceptors (Lipinski definition) is 6. The topological polar surface area (TPSA) is 85.9 Å². The molecule has 0 aromatic heterocycles. The summed E-state index contributed by atoms with van der Waals surface area (Å²) in [5.74, 6) is -0.465. The molecule has 0 amide bonds. The van der Waals surface area contributed by atoms with E-state index < -0.39 is 18.0 Å². The molecule has 0 spiro atoms. The molecule has 1 atom stereocenters. The van der Waals surface area contributed by atoms with Gasteiger partial charge in [-0.2, -0.15) is 0 Å². The first-order chi connectivity index (χ1) is 14.5. The van der Waals surface area contributed by atoms with Crippen molar-refractivity contribution >= 4 is 40.0 Å². The molecule has 0 saturated carbocycles. The summed E-state index contributed by atoms with van der Waals surface area (Å²) in [5, 5.41) is 8.37. The Morgan fingerprint density at radius 2 is 1.80 bits per heavy atom. The zero-order valence-electron chi connectivity index (χ0n) is 17.1. The van der Waals surface area contributed by atoms with E-state index in [1.165, 1.54) is 0 Å². The summed E-state index contributed by atoms with van der Waals surface area (Å²) in [4.78, 5) is 24.6. The number of esters is 2. The van der Waals surface area contributed by atoms with Gasteiger partial charge < -0.3 is 24.8 Å². The maximum Gasteiger partial charge on any atom is 0.344 e. The number of nitrogens with one attached hydrogen (secondary N) is 2. The minimum Gasteiger partial charge on any atom is -0.482 e. The van der Waals surface area contributed by atoms with Crippen molar-refractivity contribution in [2.45, 2.75) is 26.8 Å². The van der Waals surface area contributed by atoms with Crippen molar-refractivity contribution in [2.24, 2.45) is 0 Å². The standard InChI is InChI=1S/C22H24N2O5S/c1-4-27-17(25)12-29-16-11-10-14-8-6-7-9-15(14)19(16)20-18(21(26)28-5-2)13(3)23-22(30)24-20/h6-11,20H,4-5,12H2,1-3H3,(H2,23,24,30)/t20-/m1/s1. The molecule has 1 aliphatic rings. The van der Waals surface area contributed by atoms with Crippen molar-refractivity contribution in [3.63, 3.8) is 0 Å². The predicted molar refractivity (Wildman–Crippen MR) is 117 cm³/mol. The van der Waals surface area contributed by atoms with E-state index in [9.17, 15) is 9.59 Å². The first-order valence-electron chi connectivity index (χ1n) is 9.71. The van der Waals surface area contributed by atoms with Gasteiger partial charge in [0.15, 0.2) is 11.7 Å². The molecule has 8 heteroatoms. The van der Waals surface area contributed by atoms with Crippen LogP contribution in [0.15, 0.2) is 47.7 Å². The Labute approximate surface area is 180 Å². The molecule has 2 aromatic carbocycles. The highest BCUT2D eigenvalue weighted by Crippen LogP contribution is 2.38. The van der Waals surface area contributed by atoms with Crippen LogP contribution in [0, 0.1) is 0 Å². The van der Waals surface area contributed by atoms with E-state index in [1.807, 2.05) is 30.3 Å². The maximum absolute atomic E-state index is 12.8. The molecule has 3 rings (SSSR count). The van der Waals surface area contributed by atoms with Crippen molar-refractivity contribution in [1.82, 2.24) is 10.6 Å². The average molecular weight is 429 g/mol. The van der Waals surface area contributed by atoms with Crippen LogP contribution in [-0.2, 0) is 19.1 Å².